The molecule has 5 heterocycles. The van der Waals surface area contributed by atoms with Gasteiger partial charge in [0.1, 0.15) is 11.0 Å². The number of nitrogens with zero attached hydrogens (tertiary/aromatic N) is 2. The van der Waals surface area contributed by atoms with Crippen molar-refractivity contribution in [2.45, 2.75) is 221 Å². The fourth-order valence-corrected chi connectivity index (χ4v) is 14.8. The molecule has 63 heavy (non-hydrogen) atoms. The number of benzene rings is 1. The first kappa shape index (κ1) is 50.3. The molecule has 1 aromatic carbocycles. The van der Waals surface area contributed by atoms with Crippen LogP contribution in [0.1, 0.15) is 214 Å². The topological polar surface area (TPSA) is 25.8 Å². The van der Waals surface area contributed by atoms with E-state index in [1.165, 1.54) is 240 Å². The third-order valence-corrected chi connectivity index (χ3v) is 18.7. The summed E-state index contributed by atoms with van der Waals surface area (Å²) < 4.78 is 10.1. The summed E-state index contributed by atoms with van der Waals surface area (Å²) in [6.45, 7) is 14.0. The van der Waals surface area contributed by atoms with Gasteiger partial charge in [0, 0.05) is 50.1 Å². The molecule has 2 nitrogen and oxygen atoms in total. The standard InChI is InChI=1S/C56H80N2S5/c1-7-11-15-19-23-27-31-43-37-51(59-41(43)5)55-45(33-29-25-21-17-13-9-3)39-49(61-55)47-35-36-48(54-53(47)57-63-58-54)50-40-46(34-30-26-22-18-14-10-4)56(62-50)52-38-44(42(6)60-52)32-28-24-20-16-12-8-2/h35-40H,7-34H2,1-6H3. The van der Waals surface area contributed by atoms with Gasteiger partial charge in [-0.2, -0.15) is 8.75 Å². The summed E-state index contributed by atoms with van der Waals surface area (Å²) in [7, 11) is 0. The lowest BCUT2D eigenvalue weighted by Crippen LogP contribution is -1.87. The SMILES string of the molecule is CCCCCCCCc1cc(-c2sc(-c3ccc(-c4cc(CCCCCCCC)c(-c5cc(CCCCCCCC)c(C)s5)s4)c4nsnc34)cc2CCCCCCCC)sc1C. The summed E-state index contributed by atoms with van der Waals surface area (Å²) in [6.07, 6.45) is 36.9. The first-order chi connectivity index (χ1) is 30.9. The van der Waals surface area contributed by atoms with Gasteiger partial charge in [-0.3, -0.25) is 0 Å². The Hall–Kier alpha value is -2.16. The molecule has 0 aliphatic heterocycles. The molecule has 6 rings (SSSR count). The molecule has 0 spiro atoms. The highest BCUT2D eigenvalue weighted by molar-refractivity contribution is 7.25. The van der Waals surface area contributed by atoms with Crippen LogP contribution >= 0.6 is 57.1 Å². The third-order valence-electron chi connectivity index (χ3n) is 13.3. The second kappa shape index (κ2) is 27.5. The monoisotopic (exact) mass is 940 g/mol. The van der Waals surface area contributed by atoms with Crippen molar-refractivity contribution in [3.05, 3.63) is 68.4 Å². The fourth-order valence-electron chi connectivity index (χ4n) is 9.32. The van der Waals surface area contributed by atoms with Gasteiger partial charge < -0.3 is 0 Å². The van der Waals surface area contributed by atoms with Crippen LogP contribution in [0.15, 0.2) is 36.4 Å². The second-order valence-corrected chi connectivity index (χ2v) is 23.7. The van der Waals surface area contributed by atoms with E-state index in [2.05, 4.69) is 77.9 Å². The number of hydrogen-bond donors (Lipinski definition) is 0. The van der Waals surface area contributed by atoms with Crippen molar-refractivity contribution >= 4 is 68.1 Å². The molecule has 0 unspecified atom stereocenters. The Kier molecular flexibility index (Phi) is 21.9. The van der Waals surface area contributed by atoms with Crippen LogP contribution in [0.4, 0.5) is 0 Å². The van der Waals surface area contributed by atoms with Crippen LogP contribution in [0.25, 0.3) is 51.4 Å². The maximum Gasteiger partial charge on any atom is 0.114 e. The minimum absolute atomic E-state index is 1.07. The number of aryl methyl sites for hydroxylation is 6. The maximum atomic E-state index is 5.06. The molecule has 0 amide bonds. The van der Waals surface area contributed by atoms with Crippen LogP contribution in [0, 0.1) is 13.8 Å². The van der Waals surface area contributed by atoms with Crippen molar-refractivity contribution in [3.8, 4) is 40.4 Å². The van der Waals surface area contributed by atoms with Gasteiger partial charge in [-0.25, -0.2) is 0 Å². The van der Waals surface area contributed by atoms with Gasteiger partial charge >= 0.3 is 0 Å². The Labute approximate surface area is 404 Å². The number of rotatable bonds is 32. The van der Waals surface area contributed by atoms with Crippen LogP contribution in [-0.4, -0.2) is 8.75 Å². The van der Waals surface area contributed by atoms with E-state index >= 15 is 0 Å². The van der Waals surface area contributed by atoms with Crippen molar-refractivity contribution in [2.75, 3.05) is 0 Å². The summed E-state index contributed by atoms with van der Waals surface area (Å²) in [5.41, 5.74) is 10.8. The van der Waals surface area contributed by atoms with Crippen molar-refractivity contribution in [2.24, 2.45) is 0 Å². The van der Waals surface area contributed by atoms with Gasteiger partial charge in [-0.05, 0) is 112 Å². The Bertz CT molecular complexity index is 2050. The average molecular weight is 942 g/mol. The van der Waals surface area contributed by atoms with Gasteiger partial charge in [0.25, 0.3) is 0 Å². The molecule has 0 atom stereocenters. The van der Waals surface area contributed by atoms with E-state index in [1.807, 2.05) is 45.3 Å². The van der Waals surface area contributed by atoms with E-state index in [-0.39, 0.29) is 0 Å². The number of fused-ring (bicyclic) bond motifs is 1. The summed E-state index contributed by atoms with van der Waals surface area (Å²) >= 11 is 9.44. The van der Waals surface area contributed by atoms with E-state index in [0.29, 0.717) is 0 Å². The Balaban J connectivity index is 1.28. The summed E-state index contributed by atoms with van der Waals surface area (Å²) in [6, 6.07) is 14.9. The zero-order valence-electron chi connectivity index (χ0n) is 40.2. The van der Waals surface area contributed by atoms with E-state index < -0.39 is 0 Å². The summed E-state index contributed by atoms with van der Waals surface area (Å²) in [4.78, 5) is 11.6. The normalized spacial score (nSPS) is 11.8. The van der Waals surface area contributed by atoms with E-state index in [4.69, 9.17) is 8.75 Å². The molecule has 0 aliphatic carbocycles. The molecule has 0 N–H and O–H groups in total. The lowest BCUT2D eigenvalue weighted by Gasteiger charge is -2.04. The van der Waals surface area contributed by atoms with E-state index in [1.54, 1.807) is 11.1 Å². The lowest BCUT2D eigenvalue weighted by molar-refractivity contribution is 0.607. The lowest BCUT2D eigenvalue weighted by atomic mass is 10.0. The number of unbranched alkanes of at least 4 members (excludes halogenated alkanes) is 20. The molecule has 7 heteroatoms. The van der Waals surface area contributed by atoms with Crippen LogP contribution < -0.4 is 0 Å². The molecule has 0 bridgehead atoms. The first-order valence-electron chi connectivity index (χ1n) is 25.7. The predicted molar refractivity (Wildman–Crippen MR) is 288 cm³/mol. The summed E-state index contributed by atoms with van der Waals surface area (Å²) in [5, 5.41) is 0. The minimum atomic E-state index is 1.07. The molecule has 344 valence electrons. The van der Waals surface area contributed by atoms with E-state index in [9.17, 15) is 0 Å². The van der Waals surface area contributed by atoms with Crippen LogP contribution in [0.2, 0.25) is 0 Å². The Morgan fingerprint density at radius 3 is 1.00 bits per heavy atom. The van der Waals surface area contributed by atoms with Crippen molar-refractivity contribution in [1.29, 1.82) is 0 Å². The largest absolute Gasteiger partial charge is 0.172 e. The van der Waals surface area contributed by atoms with Gasteiger partial charge in [-0.15, -0.1) is 45.3 Å². The highest BCUT2D eigenvalue weighted by atomic mass is 32.1. The van der Waals surface area contributed by atoms with Crippen LogP contribution in [-0.2, 0) is 25.7 Å². The highest BCUT2D eigenvalue weighted by Crippen LogP contribution is 2.48. The van der Waals surface area contributed by atoms with Crippen molar-refractivity contribution in [1.82, 2.24) is 8.75 Å². The molecule has 6 aromatic rings. The quantitative estimate of drug-likeness (QED) is 0.0394. The van der Waals surface area contributed by atoms with Crippen molar-refractivity contribution in [3.63, 3.8) is 0 Å². The highest BCUT2D eigenvalue weighted by Gasteiger charge is 2.22. The summed E-state index contributed by atoms with van der Waals surface area (Å²) in [5.74, 6) is 0. The van der Waals surface area contributed by atoms with Gasteiger partial charge in [0.2, 0.25) is 0 Å². The predicted octanol–water partition coefficient (Wildman–Crippen LogP) is 20.8. The smallest absolute Gasteiger partial charge is 0.114 e. The maximum absolute atomic E-state index is 5.06. The zero-order chi connectivity index (χ0) is 44.2. The molecule has 0 saturated heterocycles. The molecular weight excluding hydrogens is 861 g/mol. The average Bonchev–Trinajstić information content (AvgIpc) is 4.14. The Morgan fingerprint density at radius 1 is 0.349 bits per heavy atom. The first-order valence-corrected chi connectivity index (χ1v) is 29.7. The molecule has 0 radical (unpaired) electrons. The van der Waals surface area contributed by atoms with Crippen LogP contribution in [0.5, 0.6) is 0 Å². The van der Waals surface area contributed by atoms with Gasteiger partial charge in [0.05, 0.1) is 11.7 Å². The Morgan fingerprint density at radius 2 is 0.651 bits per heavy atom. The fraction of sp³-hybridized carbons (Fsp3) is 0.607. The van der Waals surface area contributed by atoms with E-state index in [0.717, 1.165) is 23.9 Å². The van der Waals surface area contributed by atoms with Gasteiger partial charge in [0.15, 0.2) is 0 Å². The molecule has 0 aliphatic rings. The third kappa shape index (κ3) is 14.7. The zero-order valence-corrected chi connectivity index (χ0v) is 44.3. The molecule has 5 aromatic heterocycles. The number of thiophene rings is 4. The number of hydrogen-bond acceptors (Lipinski definition) is 7. The molecule has 0 saturated carbocycles. The molecular formula is C56H80N2S5. The van der Waals surface area contributed by atoms with Gasteiger partial charge in [-0.1, -0.05) is 168 Å². The van der Waals surface area contributed by atoms with Crippen molar-refractivity contribution < 1.29 is 0 Å². The molecule has 0 fully saturated rings. The van der Waals surface area contributed by atoms with Crippen LogP contribution in [0.3, 0.4) is 0 Å². The second-order valence-electron chi connectivity index (χ2n) is 18.5. The number of aromatic nitrogens is 2. The minimum Gasteiger partial charge on any atom is -0.172 e.